The Morgan fingerprint density at radius 2 is 2.07 bits per heavy atom. The maximum atomic E-state index is 5.27. The Morgan fingerprint density at radius 1 is 1.27 bits per heavy atom. The van der Waals surface area contributed by atoms with Crippen LogP contribution in [-0.4, -0.2) is 30.0 Å². The number of hydrogen-bond acceptors (Lipinski definition) is 5. The lowest BCUT2D eigenvalue weighted by Crippen LogP contribution is -2.11. The summed E-state index contributed by atoms with van der Waals surface area (Å²) in [6.45, 7) is 7.52. The number of aryl methyl sites for hydroxylation is 1. The lowest BCUT2D eigenvalue weighted by molar-refractivity contribution is 0.145. The van der Waals surface area contributed by atoms with Crippen molar-refractivity contribution < 1.29 is 4.74 Å². The average molecular weight is 229 g/mol. The molecule has 1 rings (SSSR count). The minimum Gasteiger partial charge on any atom is -0.382 e. The summed E-state index contributed by atoms with van der Waals surface area (Å²) in [6.07, 6.45) is 2.01. The monoisotopic (exact) mass is 229 g/mol. The molecule has 1 N–H and O–H groups in total. The molecule has 0 spiro atoms. The van der Waals surface area contributed by atoms with E-state index >= 15 is 0 Å². The van der Waals surface area contributed by atoms with Gasteiger partial charge in [0.25, 0.3) is 0 Å². The molecule has 0 fully saturated rings. The maximum absolute atomic E-state index is 5.27. The van der Waals surface area contributed by atoms with Crippen LogP contribution in [0.4, 0.5) is 0 Å². The van der Waals surface area contributed by atoms with Crippen LogP contribution in [0, 0.1) is 0 Å². The van der Waals surface area contributed by atoms with Crippen LogP contribution in [0.1, 0.15) is 30.3 Å². The third-order valence-electron chi connectivity index (χ3n) is 1.92. The first-order valence-electron chi connectivity index (χ1n) is 5.46. The number of nitrogens with one attached hydrogen (secondary N) is 1. The first-order chi connectivity index (χ1) is 7.36. The lowest BCUT2D eigenvalue weighted by Gasteiger charge is -1.97. The molecule has 1 aromatic heterocycles. The first-order valence-corrected chi connectivity index (χ1v) is 6.28. The van der Waals surface area contributed by atoms with E-state index in [0.717, 1.165) is 49.2 Å². The Labute approximate surface area is 95.1 Å². The predicted octanol–water partition coefficient (Wildman–Crippen LogP) is 1.62. The van der Waals surface area contributed by atoms with Gasteiger partial charge in [0.05, 0.1) is 0 Å². The molecule has 0 saturated heterocycles. The van der Waals surface area contributed by atoms with Gasteiger partial charge < -0.3 is 10.1 Å². The summed E-state index contributed by atoms with van der Waals surface area (Å²) in [5, 5.41) is 13.7. The van der Waals surface area contributed by atoms with E-state index in [1.54, 1.807) is 11.3 Å². The van der Waals surface area contributed by atoms with Crippen molar-refractivity contribution in [3.05, 3.63) is 10.0 Å². The summed E-state index contributed by atoms with van der Waals surface area (Å²) < 4.78 is 5.27. The zero-order chi connectivity index (χ0) is 10.9. The van der Waals surface area contributed by atoms with Gasteiger partial charge in [0.1, 0.15) is 10.0 Å². The van der Waals surface area contributed by atoms with E-state index < -0.39 is 0 Å². The molecule has 0 amide bonds. The molecule has 0 saturated carbocycles. The number of aromatic nitrogens is 2. The number of nitrogens with zero attached hydrogens (tertiary/aromatic N) is 2. The molecular formula is C10H19N3OS. The van der Waals surface area contributed by atoms with Gasteiger partial charge in [-0.25, -0.2) is 0 Å². The summed E-state index contributed by atoms with van der Waals surface area (Å²) in [7, 11) is 0. The lowest BCUT2D eigenvalue weighted by atomic mass is 10.3. The molecule has 0 aliphatic heterocycles. The Hall–Kier alpha value is -0.520. The highest BCUT2D eigenvalue weighted by Gasteiger charge is 2.02. The van der Waals surface area contributed by atoms with Crippen molar-refractivity contribution in [2.75, 3.05) is 19.8 Å². The second-order valence-corrected chi connectivity index (χ2v) is 4.32. The van der Waals surface area contributed by atoms with Gasteiger partial charge in [-0.05, 0) is 19.9 Å². The van der Waals surface area contributed by atoms with Crippen LogP contribution >= 0.6 is 11.3 Å². The second kappa shape index (κ2) is 7.73. The summed E-state index contributed by atoms with van der Waals surface area (Å²) in [5.74, 6) is 0. The zero-order valence-electron chi connectivity index (χ0n) is 9.45. The van der Waals surface area contributed by atoms with Crippen molar-refractivity contribution in [2.24, 2.45) is 0 Å². The van der Waals surface area contributed by atoms with Crippen molar-refractivity contribution in [3.8, 4) is 0 Å². The summed E-state index contributed by atoms with van der Waals surface area (Å²) in [5.41, 5.74) is 0. The standard InChI is InChI=1S/C10H19N3OS/c1-3-11-8-10-13-12-9(15-10)6-5-7-14-4-2/h11H,3-8H2,1-2H3. The van der Waals surface area contributed by atoms with E-state index in [0.29, 0.717) is 0 Å². The largest absolute Gasteiger partial charge is 0.382 e. The third kappa shape index (κ3) is 5.20. The highest BCUT2D eigenvalue weighted by Crippen LogP contribution is 2.11. The first kappa shape index (κ1) is 12.5. The van der Waals surface area contributed by atoms with Gasteiger partial charge >= 0.3 is 0 Å². The minimum absolute atomic E-state index is 0.793. The summed E-state index contributed by atoms with van der Waals surface area (Å²) >= 11 is 1.69. The Kier molecular flexibility index (Phi) is 6.47. The van der Waals surface area contributed by atoms with Gasteiger partial charge in [-0.1, -0.05) is 6.92 Å². The fourth-order valence-corrected chi connectivity index (χ4v) is 2.02. The van der Waals surface area contributed by atoms with Crippen LogP contribution in [0.2, 0.25) is 0 Å². The van der Waals surface area contributed by atoms with Crippen LogP contribution in [-0.2, 0) is 17.7 Å². The van der Waals surface area contributed by atoms with Crippen molar-refractivity contribution in [3.63, 3.8) is 0 Å². The molecule has 1 heterocycles. The molecule has 0 aliphatic carbocycles. The van der Waals surface area contributed by atoms with Crippen LogP contribution in [0.15, 0.2) is 0 Å². The van der Waals surface area contributed by atoms with Gasteiger partial charge in [-0.15, -0.1) is 21.5 Å². The quantitative estimate of drug-likeness (QED) is 0.688. The molecule has 4 nitrogen and oxygen atoms in total. The smallest absolute Gasteiger partial charge is 0.131 e. The van der Waals surface area contributed by atoms with Gasteiger partial charge in [-0.2, -0.15) is 0 Å². The van der Waals surface area contributed by atoms with Crippen molar-refractivity contribution >= 4 is 11.3 Å². The van der Waals surface area contributed by atoms with Crippen molar-refractivity contribution in [1.29, 1.82) is 0 Å². The van der Waals surface area contributed by atoms with E-state index in [1.165, 1.54) is 0 Å². The normalized spacial score (nSPS) is 10.8. The van der Waals surface area contributed by atoms with Gasteiger partial charge in [0, 0.05) is 26.2 Å². The fourth-order valence-electron chi connectivity index (χ4n) is 1.16. The molecule has 5 heteroatoms. The number of ether oxygens (including phenoxy) is 1. The van der Waals surface area contributed by atoms with Crippen LogP contribution in [0.25, 0.3) is 0 Å². The SMILES string of the molecule is CCNCc1nnc(CCCOCC)s1. The Morgan fingerprint density at radius 3 is 2.80 bits per heavy atom. The molecule has 15 heavy (non-hydrogen) atoms. The number of hydrogen-bond donors (Lipinski definition) is 1. The van der Waals surface area contributed by atoms with Crippen LogP contribution in [0.3, 0.4) is 0 Å². The van der Waals surface area contributed by atoms with E-state index in [1.807, 2.05) is 6.92 Å². The van der Waals surface area contributed by atoms with Crippen LogP contribution < -0.4 is 5.32 Å². The summed E-state index contributed by atoms with van der Waals surface area (Å²) in [4.78, 5) is 0. The average Bonchev–Trinajstić information content (AvgIpc) is 2.69. The third-order valence-corrected chi connectivity index (χ3v) is 2.90. The topological polar surface area (TPSA) is 47.0 Å². The zero-order valence-corrected chi connectivity index (χ0v) is 10.3. The van der Waals surface area contributed by atoms with Crippen molar-refractivity contribution in [2.45, 2.75) is 33.2 Å². The van der Waals surface area contributed by atoms with Crippen molar-refractivity contribution in [1.82, 2.24) is 15.5 Å². The molecule has 1 aromatic rings. The molecule has 0 radical (unpaired) electrons. The molecule has 86 valence electrons. The highest BCUT2D eigenvalue weighted by atomic mass is 32.1. The van der Waals surface area contributed by atoms with Gasteiger partial charge in [-0.3, -0.25) is 0 Å². The van der Waals surface area contributed by atoms with Gasteiger partial charge in [0.2, 0.25) is 0 Å². The van der Waals surface area contributed by atoms with E-state index in [4.69, 9.17) is 4.74 Å². The Bertz CT molecular complexity index is 265. The van der Waals surface area contributed by atoms with E-state index in [9.17, 15) is 0 Å². The molecule has 0 aliphatic rings. The maximum Gasteiger partial charge on any atom is 0.131 e. The predicted molar refractivity (Wildman–Crippen MR) is 62.1 cm³/mol. The minimum atomic E-state index is 0.793. The molecule has 0 atom stereocenters. The molecule has 0 bridgehead atoms. The molecule has 0 aromatic carbocycles. The summed E-state index contributed by atoms with van der Waals surface area (Å²) in [6, 6.07) is 0. The highest BCUT2D eigenvalue weighted by molar-refractivity contribution is 7.11. The molecular weight excluding hydrogens is 210 g/mol. The molecule has 0 unspecified atom stereocenters. The van der Waals surface area contributed by atoms with Gasteiger partial charge in [0.15, 0.2) is 0 Å². The fraction of sp³-hybridized carbons (Fsp3) is 0.800. The van der Waals surface area contributed by atoms with E-state index in [2.05, 4.69) is 22.4 Å². The Balaban J connectivity index is 2.20. The van der Waals surface area contributed by atoms with E-state index in [-0.39, 0.29) is 0 Å². The second-order valence-electron chi connectivity index (χ2n) is 3.17. The van der Waals surface area contributed by atoms with Crippen LogP contribution in [0.5, 0.6) is 0 Å². The number of rotatable bonds is 8.